The minimum absolute atomic E-state index is 0.0650. The van der Waals surface area contributed by atoms with E-state index in [0.717, 1.165) is 25.9 Å². The minimum Gasteiger partial charge on any atom is -0.455 e. The SMILES string of the molecule is CCC[Si](C)(C)O[Si](C)(C)CCCOC(C)(CCC[Si](C)(C)O[Si](C)(C)CCC)CCC[Si](C)(C)O[Si](C)(C)CCC. The van der Waals surface area contributed by atoms with Crippen molar-refractivity contribution in [2.75, 3.05) is 6.61 Å². The largest absolute Gasteiger partial charge is 0.455 e. The molecule has 10 heteroatoms. The Morgan fingerprint density at radius 3 is 0.952 bits per heavy atom. The molecule has 0 aliphatic rings. The van der Waals surface area contributed by atoms with Crippen molar-refractivity contribution in [2.45, 2.75) is 199 Å². The first-order chi connectivity index (χ1) is 18.9. The summed E-state index contributed by atoms with van der Waals surface area (Å²) in [6.07, 6.45) is 9.51. The highest BCUT2D eigenvalue weighted by molar-refractivity contribution is 6.86. The van der Waals surface area contributed by atoms with Crippen LogP contribution in [0.15, 0.2) is 0 Å². The van der Waals surface area contributed by atoms with Crippen molar-refractivity contribution in [3.8, 4) is 0 Å². The summed E-state index contributed by atoms with van der Waals surface area (Å²) in [7, 11) is -9.65. The molecule has 0 saturated heterocycles. The van der Waals surface area contributed by atoms with E-state index < -0.39 is 49.9 Å². The van der Waals surface area contributed by atoms with Gasteiger partial charge in [0.1, 0.15) is 0 Å². The van der Waals surface area contributed by atoms with Gasteiger partial charge >= 0.3 is 0 Å². The molecule has 0 bridgehead atoms. The van der Waals surface area contributed by atoms with Crippen LogP contribution in [0.25, 0.3) is 0 Å². The molecule has 0 amide bonds. The van der Waals surface area contributed by atoms with Gasteiger partial charge in [0.2, 0.25) is 0 Å². The maximum Gasteiger partial charge on any atom is 0.173 e. The van der Waals surface area contributed by atoms with Crippen molar-refractivity contribution in [1.29, 1.82) is 0 Å². The van der Waals surface area contributed by atoms with E-state index in [-0.39, 0.29) is 5.60 Å². The summed E-state index contributed by atoms with van der Waals surface area (Å²) in [5, 5.41) is 0. The molecule has 0 radical (unpaired) electrons. The molecule has 0 saturated carbocycles. The number of hydrogen-bond acceptors (Lipinski definition) is 4. The topological polar surface area (TPSA) is 36.9 Å². The molecule has 0 spiro atoms. The Morgan fingerprint density at radius 2 is 0.667 bits per heavy atom. The van der Waals surface area contributed by atoms with E-state index in [9.17, 15) is 0 Å². The van der Waals surface area contributed by atoms with Crippen LogP contribution in [0.5, 0.6) is 0 Å². The van der Waals surface area contributed by atoms with Gasteiger partial charge in [0.15, 0.2) is 49.9 Å². The first kappa shape index (κ1) is 43.1. The second-order valence-electron chi connectivity index (χ2n) is 17.2. The Labute approximate surface area is 272 Å². The third-order valence-electron chi connectivity index (χ3n) is 8.56. The highest BCUT2D eigenvalue weighted by atomic mass is 28.4. The van der Waals surface area contributed by atoms with Crippen molar-refractivity contribution in [1.82, 2.24) is 0 Å². The van der Waals surface area contributed by atoms with Gasteiger partial charge in [-0.1, -0.05) is 52.9 Å². The summed E-state index contributed by atoms with van der Waals surface area (Å²) in [6.45, 7) is 39.2. The third kappa shape index (κ3) is 21.0. The third-order valence-corrected chi connectivity index (χ3v) is 31.6. The zero-order chi connectivity index (χ0) is 32.9. The fourth-order valence-corrected chi connectivity index (χ4v) is 34.3. The van der Waals surface area contributed by atoms with Gasteiger partial charge in [-0.15, -0.1) is 0 Å². The zero-order valence-electron chi connectivity index (χ0n) is 31.7. The smallest absolute Gasteiger partial charge is 0.173 e. The monoisotopic (exact) mass is 694 g/mol. The van der Waals surface area contributed by atoms with E-state index in [1.807, 2.05) is 0 Å². The Morgan fingerprint density at radius 1 is 0.405 bits per heavy atom. The van der Waals surface area contributed by atoms with Crippen molar-refractivity contribution < 1.29 is 17.1 Å². The molecule has 42 heavy (non-hydrogen) atoms. The molecule has 0 heterocycles. The number of rotatable bonds is 25. The van der Waals surface area contributed by atoms with Gasteiger partial charge in [-0.2, -0.15) is 0 Å². The Balaban J connectivity index is 5.29. The van der Waals surface area contributed by atoms with Crippen LogP contribution in [0, 0.1) is 0 Å². The Hall–Kier alpha value is 1.14. The van der Waals surface area contributed by atoms with Gasteiger partial charge in [0.25, 0.3) is 0 Å². The summed E-state index contributed by atoms with van der Waals surface area (Å²) in [5.41, 5.74) is -0.0650. The van der Waals surface area contributed by atoms with Gasteiger partial charge in [0.05, 0.1) is 5.60 Å². The van der Waals surface area contributed by atoms with Crippen molar-refractivity contribution >= 4 is 49.9 Å². The molecule has 0 unspecified atom stereocenters. The maximum atomic E-state index is 6.89. The van der Waals surface area contributed by atoms with E-state index in [0.29, 0.717) is 0 Å². The molecule has 0 aliphatic heterocycles. The highest BCUT2D eigenvalue weighted by Crippen LogP contribution is 2.33. The quantitative estimate of drug-likeness (QED) is 0.0704. The van der Waals surface area contributed by atoms with Crippen LogP contribution in [-0.4, -0.2) is 62.1 Å². The molecule has 0 rings (SSSR count). The summed E-state index contributed by atoms with van der Waals surface area (Å²) in [5.74, 6) is 0. The van der Waals surface area contributed by atoms with Gasteiger partial charge in [-0.3, -0.25) is 0 Å². The highest BCUT2D eigenvalue weighted by Gasteiger charge is 2.36. The van der Waals surface area contributed by atoms with E-state index >= 15 is 0 Å². The van der Waals surface area contributed by atoms with Crippen molar-refractivity contribution in [2.24, 2.45) is 0 Å². The molecule has 0 aromatic rings. The fourth-order valence-electron chi connectivity index (χ4n) is 7.22. The predicted molar refractivity (Wildman–Crippen MR) is 205 cm³/mol. The lowest BCUT2D eigenvalue weighted by atomic mass is 9.94. The van der Waals surface area contributed by atoms with Gasteiger partial charge in [-0.05, 0) is 141 Å². The number of ether oxygens (including phenoxy) is 1. The second kappa shape index (κ2) is 18.5. The molecule has 0 aromatic carbocycles. The molecule has 0 atom stereocenters. The number of hydrogen-bond donors (Lipinski definition) is 0. The van der Waals surface area contributed by atoms with E-state index in [2.05, 4.69) is 106 Å². The standard InChI is InChI=1S/C32H78O4Si6/c1-17-26-37(5,6)34-40(11,12)29-20-23-32(4,24-21-30-41(13,14)35-38(7,8)27-18-2)33-25-22-31-42(15,16)36-39(9,10)28-19-3/h17-31H2,1-16H3. The summed E-state index contributed by atoms with van der Waals surface area (Å²) in [6, 6.07) is 7.46. The molecule has 254 valence electrons. The van der Waals surface area contributed by atoms with E-state index in [4.69, 9.17) is 17.1 Å². The van der Waals surface area contributed by atoms with Crippen LogP contribution in [0.1, 0.15) is 79.1 Å². The van der Waals surface area contributed by atoms with Crippen LogP contribution < -0.4 is 0 Å². The summed E-state index contributed by atoms with van der Waals surface area (Å²) in [4.78, 5) is 0. The lowest BCUT2D eigenvalue weighted by Gasteiger charge is -2.37. The van der Waals surface area contributed by atoms with Gasteiger partial charge in [0, 0.05) is 6.61 Å². The lowest BCUT2D eigenvalue weighted by Crippen LogP contribution is -2.45. The Kier molecular flexibility index (Phi) is 19.0. The minimum atomic E-state index is -1.67. The molecule has 0 N–H and O–H groups in total. The normalized spacial score (nSPS) is 14.6. The Bertz CT molecular complexity index is 703. The maximum absolute atomic E-state index is 6.89. The molecular formula is C32H78O4Si6. The average molecular weight is 695 g/mol. The summed E-state index contributed by atoms with van der Waals surface area (Å²) < 4.78 is 27.5. The van der Waals surface area contributed by atoms with Crippen LogP contribution in [0.2, 0.25) is 115 Å². The molecule has 0 fully saturated rings. The van der Waals surface area contributed by atoms with Crippen molar-refractivity contribution in [3.63, 3.8) is 0 Å². The molecule has 0 aliphatic carbocycles. The first-order valence-corrected chi connectivity index (χ1v) is 36.4. The molecule has 0 aromatic heterocycles. The van der Waals surface area contributed by atoms with Gasteiger partial charge < -0.3 is 17.1 Å². The van der Waals surface area contributed by atoms with Gasteiger partial charge in [-0.25, -0.2) is 0 Å². The van der Waals surface area contributed by atoms with E-state index in [1.165, 1.54) is 68.4 Å². The van der Waals surface area contributed by atoms with Crippen molar-refractivity contribution in [3.05, 3.63) is 0 Å². The second-order valence-corrected chi connectivity index (χ2v) is 43.8. The van der Waals surface area contributed by atoms with Crippen LogP contribution in [0.4, 0.5) is 0 Å². The average Bonchev–Trinajstić information content (AvgIpc) is 2.73. The first-order valence-electron chi connectivity index (χ1n) is 17.7. The summed E-state index contributed by atoms with van der Waals surface area (Å²) >= 11 is 0. The van der Waals surface area contributed by atoms with Crippen LogP contribution >= 0.6 is 0 Å². The fraction of sp³-hybridized carbons (Fsp3) is 1.00. The van der Waals surface area contributed by atoms with Crippen LogP contribution in [-0.2, 0) is 17.1 Å². The molecular weight excluding hydrogens is 617 g/mol. The predicted octanol–water partition coefficient (Wildman–Crippen LogP) is 12.2. The lowest BCUT2D eigenvalue weighted by molar-refractivity contribution is -0.0445. The van der Waals surface area contributed by atoms with E-state index in [1.54, 1.807) is 0 Å². The van der Waals surface area contributed by atoms with Crippen LogP contribution in [0.3, 0.4) is 0 Å². The zero-order valence-corrected chi connectivity index (χ0v) is 37.7. The molecule has 4 nitrogen and oxygen atoms in total.